The molecule has 3 aliphatic heterocycles. The first-order valence-electron chi connectivity index (χ1n) is 7.22. The molecule has 0 aliphatic carbocycles. The smallest absolute Gasteiger partial charge is 0.359 e. The van der Waals surface area contributed by atoms with Gasteiger partial charge in [0.15, 0.2) is 5.69 Å². The SMILES string of the molecule is O=C(O[C@@H]1CN2CCC1CC2)c1nsc2cc(O)ccc12. The number of benzene rings is 1. The van der Waals surface area contributed by atoms with Gasteiger partial charge in [0.2, 0.25) is 0 Å². The third kappa shape index (κ3) is 2.28. The molecule has 0 unspecified atom stereocenters. The van der Waals surface area contributed by atoms with Gasteiger partial charge in [-0.25, -0.2) is 4.79 Å². The van der Waals surface area contributed by atoms with Gasteiger partial charge in [0.1, 0.15) is 11.9 Å². The number of carbonyl (C=O) groups is 1. The van der Waals surface area contributed by atoms with Gasteiger partial charge in [-0.1, -0.05) is 0 Å². The van der Waals surface area contributed by atoms with E-state index in [0.29, 0.717) is 11.6 Å². The molecule has 3 aliphatic rings. The van der Waals surface area contributed by atoms with Crippen molar-refractivity contribution < 1.29 is 14.6 Å². The number of carbonyl (C=O) groups excluding carboxylic acids is 1. The molecule has 3 fully saturated rings. The van der Waals surface area contributed by atoms with Crippen LogP contribution in [0.1, 0.15) is 23.3 Å². The van der Waals surface area contributed by atoms with Crippen molar-refractivity contribution >= 4 is 27.6 Å². The second-order valence-corrected chi connectivity index (χ2v) is 6.60. The summed E-state index contributed by atoms with van der Waals surface area (Å²) < 4.78 is 10.7. The Kier molecular flexibility index (Phi) is 3.08. The number of esters is 1. The van der Waals surface area contributed by atoms with Crippen molar-refractivity contribution in [3.63, 3.8) is 0 Å². The van der Waals surface area contributed by atoms with Crippen LogP contribution in [-0.4, -0.2) is 46.1 Å². The minimum atomic E-state index is -0.342. The van der Waals surface area contributed by atoms with E-state index in [9.17, 15) is 9.90 Å². The van der Waals surface area contributed by atoms with E-state index in [4.69, 9.17) is 4.74 Å². The fraction of sp³-hybridized carbons (Fsp3) is 0.467. The maximum Gasteiger partial charge on any atom is 0.359 e. The highest BCUT2D eigenvalue weighted by Crippen LogP contribution is 2.31. The first kappa shape index (κ1) is 13.0. The van der Waals surface area contributed by atoms with Gasteiger partial charge in [-0.3, -0.25) is 4.90 Å². The van der Waals surface area contributed by atoms with Crippen LogP contribution in [0.15, 0.2) is 18.2 Å². The molecule has 21 heavy (non-hydrogen) atoms. The van der Waals surface area contributed by atoms with Gasteiger partial charge in [-0.2, -0.15) is 4.37 Å². The van der Waals surface area contributed by atoms with Crippen LogP contribution in [-0.2, 0) is 4.74 Å². The number of aromatic nitrogens is 1. The van der Waals surface area contributed by atoms with Crippen LogP contribution in [0, 0.1) is 5.92 Å². The number of aromatic hydroxyl groups is 1. The molecule has 1 N–H and O–H groups in total. The Morgan fingerprint density at radius 1 is 1.38 bits per heavy atom. The van der Waals surface area contributed by atoms with Crippen molar-refractivity contribution in [3.8, 4) is 5.75 Å². The first-order chi connectivity index (χ1) is 10.2. The van der Waals surface area contributed by atoms with Crippen LogP contribution in [0.5, 0.6) is 5.75 Å². The highest BCUT2D eigenvalue weighted by atomic mass is 32.1. The van der Waals surface area contributed by atoms with E-state index in [1.54, 1.807) is 18.2 Å². The van der Waals surface area contributed by atoms with Gasteiger partial charge < -0.3 is 9.84 Å². The van der Waals surface area contributed by atoms with E-state index >= 15 is 0 Å². The van der Waals surface area contributed by atoms with E-state index in [1.165, 1.54) is 11.5 Å². The third-order valence-corrected chi connectivity index (χ3v) is 5.31. The molecule has 5 nitrogen and oxygen atoms in total. The standard InChI is InChI=1S/C15H16N2O3S/c18-10-1-2-11-13(7-10)21-16-14(11)15(19)20-12-8-17-5-3-9(12)4-6-17/h1-2,7,9,12,18H,3-6,8H2/t12-/m1/s1. The van der Waals surface area contributed by atoms with Crippen LogP contribution in [0.2, 0.25) is 0 Å². The number of phenols is 1. The zero-order chi connectivity index (χ0) is 14.4. The number of nitrogens with zero attached hydrogens (tertiary/aromatic N) is 2. The molecule has 2 aromatic rings. The summed E-state index contributed by atoms with van der Waals surface area (Å²) in [6.07, 6.45) is 2.22. The Bertz CT molecular complexity index is 691. The number of hydrogen-bond acceptors (Lipinski definition) is 6. The summed E-state index contributed by atoms with van der Waals surface area (Å²) in [6.45, 7) is 3.09. The van der Waals surface area contributed by atoms with Crippen molar-refractivity contribution in [1.82, 2.24) is 9.27 Å². The molecule has 0 amide bonds. The Morgan fingerprint density at radius 3 is 2.90 bits per heavy atom. The monoisotopic (exact) mass is 304 g/mol. The van der Waals surface area contributed by atoms with Crippen LogP contribution in [0.3, 0.4) is 0 Å². The summed E-state index contributed by atoms with van der Waals surface area (Å²) in [5, 5.41) is 10.2. The van der Waals surface area contributed by atoms with Gasteiger partial charge in [0.05, 0.1) is 4.70 Å². The maximum absolute atomic E-state index is 12.4. The van der Waals surface area contributed by atoms with Crippen molar-refractivity contribution in [1.29, 1.82) is 0 Å². The minimum absolute atomic E-state index is 0.00568. The number of fused-ring (bicyclic) bond motifs is 4. The summed E-state index contributed by atoms with van der Waals surface area (Å²) >= 11 is 1.21. The van der Waals surface area contributed by atoms with Crippen molar-refractivity contribution in [2.45, 2.75) is 18.9 Å². The van der Waals surface area contributed by atoms with Gasteiger partial charge in [0, 0.05) is 11.9 Å². The normalized spacial score (nSPS) is 27.9. The number of phenolic OH excluding ortho intramolecular Hbond substituents is 1. The number of hydrogen-bond donors (Lipinski definition) is 1. The fourth-order valence-corrected chi connectivity index (χ4v) is 4.11. The second-order valence-electron chi connectivity index (χ2n) is 5.79. The number of piperidine rings is 3. The van der Waals surface area contributed by atoms with E-state index in [1.807, 2.05) is 0 Å². The van der Waals surface area contributed by atoms with Crippen LogP contribution < -0.4 is 0 Å². The summed E-state index contributed by atoms with van der Waals surface area (Å²) in [5.74, 6) is 0.335. The molecule has 4 heterocycles. The predicted octanol–water partition coefficient (Wildman–Crippen LogP) is 2.25. The molecular weight excluding hydrogens is 288 g/mol. The predicted molar refractivity (Wildman–Crippen MR) is 79.7 cm³/mol. The Labute approximate surface area is 126 Å². The molecule has 1 aromatic carbocycles. The van der Waals surface area contributed by atoms with Crippen LogP contribution >= 0.6 is 11.5 Å². The molecular formula is C15H16N2O3S. The molecule has 5 rings (SSSR count). The molecule has 0 radical (unpaired) electrons. The average molecular weight is 304 g/mol. The lowest BCUT2D eigenvalue weighted by atomic mass is 9.86. The van der Waals surface area contributed by atoms with Crippen molar-refractivity contribution in [2.75, 3.05) is 19.6 Å². The van der Waals surface area contributed by atoms with Gasteiger partial charge in [-0.15, -0.1) is 0 Å². The topological polar surface area (TPSA) is 62.7 Å². The third-order valence-electron chi connectivity index (χ3n) is 4.50. The maximum atomic E-state index is 12.4. The average Bonchev–Trinajstić information content (AvgIpc) is 2.91. The number of ether oxygens (including phenoxy) is 1. The van der Waals surface area contributed by atoms with E-state index in [0.717, 1.165) is 42.6 Å². The molecule has 1 aromatic heterocycles. The largest absolute Gasteiger partial charge is 0.508 e. The van der Waals surface area contributed by atoms with Gasteiger partial charge in [-0.05, 0) is 61.6 Å². The van der Waals surface area contributed by atoms with Gasteiger partial charge in [0.25, 0.3) is 0 Å². The summed E-state index contributed by atoms with van der Waals surface area (Å²) in [6, 6.07) is 4.92. The van der Waals surface area contributed by atoms with Crippen LogP contribution in [0.4, 0.5) is 0 Å². The molecule has 3 saturated heterocycles. The Morgan fingerprint density at radius 2 is 2.19 bits per heavy atom. The fourth-order valence-electron chi connectivity index (χ4n) is 3.31. The Hall–Kier alpha value is -1.66. The number of rotatable bonds is 2. The Balaban J connectivity index is 1.56. The molecule has 0 saturated carbocycles. The molecule has 1 atom stereocenters. The van der Waals surface area contributed by atoms with E-state index in [-0.39, 0.29) is 17.8 Å². The van der Waals surface area contributed by atoms with E-state index < -0.39 is 0 Å². The first-order valence-corrected chi connectivity index (χ1v) is 8.00. The zero-order valence-corrected chi connectivity index (χ0v) is 12.3. The molecule has 0 spiro atoms. The quantitative estimate of drug-likeness (QED) is 0.862. The lowest BCUT2D eigenvalue weighted by Gasteiger charge is -2.43. The minimum Gasteiger partial charge on any atom is -0.508 e. The molecule has 110 valence electrons. The summed E-state index contributed by atoms with van der Waals surface area (Å²) in [7, 11) is 0. The highest BCUT2D eigenvalue weighted by molar-refractivity contribution is 7.13. The zero-order valence-electron chi connectivity index (χ0n) is 11.5. The molecule has 2 bridgehead atoms. The van der Waals surface area contributed by atoms with Crippen molar-refractivity contribution in [3.05, 3.63) is 23.9 Å². The van der Waals surface area contributed by atoms with Crippen molar-refractivity contribution in [2.24, 2.45) is 5.92 Å². The lowest BCUT2D eigenvalue weighted by molar-refractivity contribution is -0.0457. The van der Waals surface area contributed by atoms with E-state index in [2.05, 4.69) is 9.27 Å². The lowest BCUT2D eigenvalue weighted by Crippen LogP contribution is -2.51. The second kappa shape index (κ2) is 4.96. The van der Waals surface area contributed by atoms with Crippen LogP contribution in [0.25, 0.3) is 10.1 Å². The summed E-state index contributed by atoms with van der Waals surface area (Å²) in [4.78, 5) is 14.7. The highest BCUT2D eigenvalue weighted by Gasteiger charge is 2.37. The van der Waals surface area contributed by atoms with Gasteiger partial charge >= 0.3 is 5.97 Å². The summed E-state index contributed by atoms with van der Waals surface area (Å²) in [5.41, 5.74) is 0.367. The molecule has 6 heteroatoms.